The Morgan fingerprint density at radius 2 is 1.88 bits per heavy atom. The van der Waals surface area contributed by atoms with E-state index >= 15 is 0 Å². The molecule has 0 spiro atoms. The fourth-order valence-corrected chi connectivity index (χ4v) is 1.34. The van der Waals surface area contributed by atoms with Crippen molar-refractivity contribution in [1.82, 2.24) is 0 Å². The first kappa shape index (κ1) is 12.6. The van der Waals surface area contributed by atoms with Crippen molar-refractivity contribution in [3.63, 3.8) is 0 Å². The minimum atomic E-state index is -0.194. The van der Waals surface area contributed by atoms with Crippen molar-refractivity contribution in [1.29, 1.82) is 0 Å². The maximum Gasteiger partial charge on any atom is 0.310 e. The minimum Gasteiger partial charge on any atom is -0.491 e. The van der Waals surface area contributed by atoms with Gasteiger partial charge in [0.25, 0.3) is 0 Å². The molecule has 0 aliphatic rings. The highest BCUT2D eigenvalue weighted by Crippen LogP contribution is 2.14. The number of ether oxygens (including phenoxy) is 2. The summed E-state index contributed by atoms with van der Waals surface area (Å²) in [7, 11) is 0. The largest absolute Gasteiger partial charge is 0.491 e. The number of carbonyl (C=O) groups excluding carboxylic acids is 1. The predicted molar refractivity (Wildman–Crippen MR) is 62.5 cm³/mol. The van der Waals surface area contributed by atoms with Crippen LogP contribution < -0.4 is 4.74 Å². The molecule has 16 heavy (non-hydrogen) atoms. The molecule has 0 amide bonds. The molecule has 1 aromatic carbocycles. The smallest absolute Gasteiger partial charge is 0.310 e. The van der Waals surface area contributed by atoms with Crippen molar-refractivity contribution in [2.24, 2.45) is 0 Å². The number of hydrogen-bond acceptors (Lipinski definition) is 3. The summed E-state index contributed by atoms with van der Waals surface area (Å²) in [6, 6.07) is 7.51. The lowest BCUT2D eigenvalue weighted by atomic mass is 10.1. The van der Waals surface area contributed by atoms with Gasteiger partial charge in [0.05, 0.1) is 19.1 Å². The summed E-state index contributed by atoms with van der Waals surface area (Å²) in [6.45, 7) is 6.18. The Hall–Kier alpha value is -1.51. The van der Waals surface area contributed by atoms with Crippen LogP contribution in [0.3, 0.4) is 0 Å². The van der Waals surface area contributed by atoms with Crippen LogP contribution in [0, 0.1) is 0 Å². The van der Waals surface area contributed by atoms with E-state index in [-0.39, 0.29) is 12.1 Å². The third-order valence-electron chi connectivity index (χ3n) is 1.95. The summed E-state index contributed by atoms with van der Waals surface area (Å²) >= 11 is 0. The van der Waals surface area contributed by atoms with Gasteiger partial charge in [-0.2, -0.15) is 0 Å². The molecule has 0 saturated heterocycles. The van der Waals surface area contributed by atoms with Gasteiger partial charge in [0, 0.05) is 0 Å². The highest BCUT2D eigenvalue weighted by atomic mass is 16.5. The molecule has 3 nitrogen and oxygen atoms in total. The molecular weight excluding hydrogens is 204 g/mol. The normalized spacial score (nSPS) is 10.2. The van der Waals surface area contributed by atoms with Gasteiger partial charge < -0.3 is 9.47 Å². The zero-order valence-electron chi connectivity index (χ0n) is 10.0. The average molecular weight is 222 g/mol. The van der Waals surface area contributed by atoms with Crippen LogP contribution in [-0.2, 0) is 16.0 Å². The van der Waals surface area contributed by atoms with E-state index in [1.54, 1.807) is 6.92 Å². The molecule has 0 aromatic heterocycles. The SMILES string of the molecule is CCOC(=O)Cc1ccc(OC(C)C)cc1. The van der Waals surface area contributed by atoms with Crippen LogP contribution in [0.5, 0.6) is 5.75 Å². The number of rotatable bonds is 5. The van der Waals surface area contributed by atoms with Gasteiger partial charge in [-0.25, -0.2) is 0 Å². The Kier molecular flexibility index (Phi) is 4.83. The summed E-state index contributed by atoms with van der Waals surface area (Å²) in [4.78, 5) is 11.2. The molecule has 0 unspecified atom stereocenters. The lowest BCUT2D eigenvalue weighted by Crippen LogP contribution is -2.08. The van der Waals surface area contributed by atoms with Crippen molar-refractivity contribution in [3.05, 3.63) is 29.8 Å². The predicted octanol–water partition coefficient (Wildman–Crippen LogP) is 2.58. The fourth-order valence-electron chi connectivity index (χ4n) is 1.34. The van der Waals surface area contributed by atoms with Crippen molar-refractivity contribution in [2.45, 2.75) is 33.3 Å². The average Bonchev–Trinajstić information content (AvgIpc) is 2.20. The first-order chi connectivity index (χ1) is 7.61. The van der Waals surface area contributed by atoms with Crippen LogP contribution in [0.25, 0.3) is 0 Å². The van der Waals surface area contributed by atoms with Gasteiger partial charge in [-0.05, 0) is 38.5 Å². The van der Waals surface area contributed by atoms with Gasteiger partial charge in [-0.15, -0.1) is 0 Å². The molecular formula is C13H18O3. The topological polar surface area (TPSA) is 35.5 Å². The molecule has 0 heterocycles. The van der Waals surface area contributed by atoms with Crippen LogP contribution in [-0.4, -0.2) is 18.7 Å². The van der Waals surface area contributed by atoms with Gasteiger partial charge in [-0.3, -0.25) is 4.79 Å². The van der Waals surface area contributed by atoms with Crippen LogP contribution in [0.1, 0.15) is 26.3 Å². The third-order valence-corrected chi connectivity index (χ3v) is 1.95. The second kappa shape index (κ2) is 6.16. The lowest BCUT2D eigenvalue weighted by Gasteiger charge is -2.09. The van der Waals surface area contributed by atoms with E-state index in [1.807, 2.05) is 38.1 Å². The van der Waals surface area contributed by atoms with Crippen LogP contribution in [0.4, 0.5) is 0 Å². The Morgan fingerprint density at radius 1 is 1.25 bits per heavy atom. The van der Waals surface area contributed by atoms with E-state index < -0.39 is 0 Å². The first-order valence-corrected chi connectivity index (χ1v) is 5.53. The van der Waals surface area contributed by atoms with Crippen molar-refractivity contribution >= 4 is 5.97 Å². The fraction of sp³-hybridized carbons (Fsp3) is 0.462. The second-order valence-corrected chi connectivity index (χ2v) is 3.79. The molecule has 3 heteroatoms. The standard InChI is InChI=1S/C13H18O3/c1-4-15-13(14)9-11-5-7-12(8-6-11)16-10(2)3/h5-8,10H,4,9H2,1-3H3. The Balaban J connectivity index is 2.54. The molecule has 0 aliphatic carbocycles. The Labute approximate surface area is 96.4 Å². The number of hydrogen-bond donors (Lipinski definition) is 0. The van der Waals surface area contributed by atoms with E-state index in [2.05, 4.69) is 0 Å². The molecule has 1 rings (SSSR count). The van der Waals surface area contributed by atoms with Gasteiger partial charge in [0.2, 0.25) is 0 Å². The molecule has 1 aromatic rings. The van der Waals surface area contributed by atoms with Crippen molar-refractivity contribution in [3.8, 4) is 5.75 Å². The quantitative estimate of drug-likeness (QED) is 0.718. The minimum absolute atomic E-state index is 0.163. The van der Waals surface area contributed by atoms with Crippen molar-refractivity contribution < 1.29 is 14.3 Å². The van der Waals surface area contributed by atoms with Crippen LogP contribution >= 0.6 is 0 Å². The van der Waals surface area contributed by atoms with Gasteiger partial charge >= 0.3 is 5.97 Å². The molecule has 88 valence electrons. The molecule has 0 bridgehead atoms. The Bertz CT molecular complexity index is 328. The van der Waals surface area contributed by atoms with E-state index in [0.717, 1.165) is 11.3 Å². The molecule has 0 radical (unpaired) electrons. The maximum absolute atomic E-state index is 11.2. The van der Waals surface area contributed by atoms with E-state index in [4.69, 9.17) is 9.47 Å². The Morgan fingerprint density at radius 3 is 2.38 bits per heavy atom. The highest BCUT2D eigenvalue weighted by molar-refractivity contribution is 5.72. The van der Waals surface area contributed by atoms with Gasteiger partial charge in [0.15, 0.2) is 0 Å². The summed E-state index contributed by atoms with van der Waals surface area (Å²) in [6.07, 6.45) is 0.478. The highest BCUT2D eigenvalue weighted by Gasteiger charge is 2.04. The van der Waals surface area contributed by atoms with Crippen molar-refractivity contribution in [2.75, 3.05) is 6.61 Å². The zero-order chi connectivity index (χ0) is 12.0. The first-order valence-electron chi connectivity index (χ1n) is 5.53. The summed E-state index contributed by atoms with van der Waals surface area (Å²) in [5.41, 5.74) is 0.939. The molecule has 0 saturated carbocycles. The summed E-state index contributed by atoms with van der Waals surface area (Å²) in [5.74, 6) is 0.627. The number of esters is 1. The van der Waals surface area contributed by atoms with Gasteiger partial charge in [-0.1, -0.05) is 12.1 Å². The molecule has 0 atom stereocenters. The zero-order valence-corrected chi connectivity index (χ0v) is 10.0. The molecule has 0 N–H and O–H groups in total. The van der Waals surface area contributed by atoms with E-state index in [0.29, 0.717) is 13.0 Å². The maximum atomic E-state index is 11.2. The van der Waals surface area contributed by atoms with Gasteiger partial charge in [0.1, 0.15) is 5.75 Å². The number of carbonyl (C=O) groups is 1. The van der Waals surface area contributed by atoms with Crippen LogP contribution in [0.2, 0.25) is 0 Å². The monoisotopic (exact) mass is 222 g/mol. The molecule has 0 aliphatic heterocycles. The summed E-state index contributed by atoms with van der Waals surface area (Å²) in [5, 5.41) is 0. The number of benzene rings is 1. The molecule has 0 fully saturated rings. The summed E-state index contributed by atoms with van der Waals surface area (Å²) < 4.78 is 10.4. The van der Waals surface area contributed by atoms with E-state index in [9.17, 15) is 4.79 Å². The lowest BCUT2D eigenvalue weighted by molar-refractivity contribution is -0.142. The third kappa shape index (κ3) is 4.34. The second-order valence-electron chi connectivity index (χ2n) is 3.79. The van der Waals surface area contributed by atoms with Crippen LogP contribution in [0.15, 0.2) is 24.3 Å². The van der Waals surface area contributed by atoms with E-state index in [1.165, 1.54) is 0 Å².